The third kappa shape index (κ3) is 2.50. The molecular weight excluding hydrogens is 262 g/mol. The molecule has 0 aliphatic heterocycles. The van der Waals surface area contributed by atoms with Crippen LogP contribution < -0.4 is 0 Å². The largest absolute Gasteiger partial charge is 0.478 e. The lowest BCUT2D eigenvalue weighted by Crippen LogP contribution is -1.97. The molecule has 0 saturated heterocycles. The van der Waals surface area contributed by atoms with Crippen molar-refractivity contribution in [2.75, 3.05) is 0 Å². The first kappa shape index (κ1) is 13.3. The highest BCUT2D eigenvalue weighted by Crippen LogP contribution is 2.27. The van der Waals surface area contributed by atoms with E-state index in [9.17, 15) is 4.79 Å². The Hall–Kier alpha value is -2.68. The van der Waals surface area contributed by atoms with Gasteiger partial charge >= 0.3 is 5.97 Å². The average Bonchev–Trinajstić information content (AvgIpc) is 2.47. The highest BCUT2D eigenvalue weighted by Gasteiger charge is 2.08. The number of benzene rings is 2. The molecule has 3 heteroatoms. The summed E-state index contributed by atoms with van der Waals surface area (Å²) in [7, 11) is 0. The van der Waals surface area contributed by atoms with Crippen molar-refractivity contribution >= 4 is 16.9 Å². The number of fused-ring (bicyclic) bond motifs is 1. The quantitative estimate of drug-likeness (QED) is 0.763. The Morgan fingerprint density at radius 2 is 1.81 bits per heavy atom. The first-order valence-electron chi connectivity index (χ1n) is 6.76. The fraction of sp³-hybridized carbons (Fsp3) is 0.111. The van der Waals surface area contributed by atoms with E-state index in [-0.39, 0.29) is 0 Å². The van der Waals surface area contributed by atoms with Crippen molar-refractivity contribution < 1.29 is 9.90 Å². The van der Waals surface area contributed by atoms with E-state index < -0.39 is 5.97 Å². The molecule has 0 amide bonds. The molecule has 3 nitrogen and oxygen atoms in total. The highest BCUT2D eigenvalue weighted by molar-refractivity contribution is 5.91. The van der Waals surface area contributed by atoms with Crippen LogP contribution in [0.2, 0.25) is 0 Å². The van der Waals surface area contributed by atoms with Crippen molar-refractivity contribution in [1.82, 2.24) is 4.98 Å². The van der Waals surface area contributed by atoms with Crippen LogP contribution in [0.4, 0.5) is 0 Å². The lowest BCUT2D eigenvalue weighted by molar-refractivity contribution is 0.0697. The number of carboxylic acids is 1. The van der Waals surface area contributed by atoms with E-state index in [4.69, 9.17) is 5.11 Å². The SMILES string of the molecule is Cc1ccc2cc(-c3cc(C(=O)O)ccc3C)ccc2n1. The van der Waals surface area contributed by atoms with Gasteiger partial charge in [-0.15, -0.1) is 0 Å². The summed E-state index contributed by atoms with van der Waals surface area (Å²) in [4.78, 5) is 15.6. The second-order valence-electron chi connectivity index (χ2n) is 5.19. The topological polar surface area (TPSA) is 50.2 Å². The zero-order valence-corrected chi connectivity index (χ0v) is 11.9. The van der Waals surface area contributed by atoms with Gasteiger partial charge in [-0.05, 0) is 60.9 Å². The van der Waals surface area contributed by atoms with Crippen LogP contribution in [-0.2, 0) is 0 Å². The molecule has 0 spiro atoms. The minimum absolute atomic E-state index is 0.303. The van der Waals surface area contributed by atoms with Crippen LogP contribution in [0.15, 0.2) is 48.5 Å². The van der Waals surface area contributed by atoms with Gasteiger partial charge in [0.25, 0.3) is 0 Å². The number of pyridine rings is 1. The van der Waals surface area contributed by atoms with Crippen molar-refractivity contribution in [3.05, 3.63) is 65.4 Å². The number of carboxylic acid groups (broad SMARTS) is 1. The third-order valence-electron chi connectivity index (χ3n) is 3.62. The van der Waals surface area contributed by atoms with Crippen LogP contribution in [0.3, 0.4) is 0 Å². The molecule has 0 radical (unpaired) electrons. The van der Waals surface area contributed by atoms with E-state index in [1.807, 2.05) is 44.2 Å². The van der Waals surface area contributed by atoms with Gasteiger partial charge in [0.15, 0.2) is 0 Å². The van der Waals surface area contributed by atoms with E-state index in [2.05, 4.69) is 11.1 Å². The van der Waals surface area contributed by atoms with Gasteiger partial charge in [0.1, 0.15) is 0 Å². The molecule has 3 aromatic rings. The van der Waals surface area contributed by atoms with Crippen LogP contribution in [0.5, 0.6) is 0 Å². The standard InChI is InChI=1S/C18H15NO2/c1-11-3-5-15(18(20)21)10-16(11)13-7-8-17-14(9-13)6-4-12(2)19-17/h3-10H,1-2H3,(H,20,21). The van der Waals surface area contributed by atoms with Gasteiger partial charge in [-0.2, -0.15) is 0 Å². The molecule has 3 rings (SSSR count). The second-order valence-corrected chi connectivity index (χ2v) is 5.19. The van der Waals surface area contributed by atoms with Gasteiger partial charge in [-0.25, -0.2) is 4.79 Å². The number of aryl methyl sites for hydroxylation is 2. The van der Waals surface area contributed by atoms with Crippen molar-refractivity contribution in [3.8, 4) is 11.1 Å². The molecule has 0 fully saturated rings. The Balaban J connectivity index is 2.18. The molecule has 0 aliphatic carbocycles. The smallest absolute Gasteiger partial charge is 0.335 e. The number of aromatic carboxylic acids is 1. The summed E-state index contributed by atoms with van der Waals surface area (Å²) in [5.41, 5.74) is 5.24. The number of hydrogen-bond acceptors (Lipinski definition) is 2. The average molecular weight is 277 g/mol. The minimum atomic E-state index is -0.908. The van der Waals surface area contributed by atoms with Crippen molar-refractivity contribution in [2.24, 2.45) is 0 Å². The summed E-state index contributed by atoms with van der Waals surface area (Å²) in [6.07, 6.45) is 0. The highest BCUT2D eigenvalue weighted by atomic mass is 16.4. The van der Waals surface area contributed by atoms with E-state index in [0.29, 0.717) is 5.56 Å². The zero-order valence-electron chi connectivity index (χ0n) is 11.9. The number of aromatic nitrogens is 1. The summed E-state index contributed by atoms with van der Waals surface area (Å²) in [6, 6.07) is 15.2. The van der Waals surface area contributed by atoms with Crippen LogP contribution in [-0.4, -0.2) is 16.1 Å². The van der Waals surface area contributed by atoms with Crippen molar-refractivity contribution in [2.45, 2.75) is 13.8 Å². The second kappa shape index (κ2) is 5.02. The number of nitrogens with zero attached hydrogens (tertiary/aromatic N) is 1. The molecule has 2 aromatic carbocycles. The van der Waals surface area contributed by atoms with Crippen molar-refractivity contribution in [3.63, 3.8) is 0 Å². The third-order valence-corrected chi connectivity index (χ3v) is 3.62. The van der Waals surface area contributed by atoms with Gasteiger partial charge in [0.2, 0.25) is 0 Å². The Morgan fingerprint density at radius 3 is 2.57 bits per heavy atom. The molecule has 0 unspecified atom stereocenters. The lowest BCUT2D eigenvalue weighted by atomic mass is 9.97. The maximum absolute atomic E-state index is 11.1. The predicted octanol–water partition coefficient (Wildman–Crippen LogP) is 4.22. The van der Waals surface area contributed by atoms with Gasteiger partial charge in [0.05, 0.1) is 11.1 Å². The molecule has 1 N–H and O–H groups in total. The first-order valence-corrected chi connectivity index (χ1v) is 6.76. The fourth-order valence-electron chi connectivity index (χ4n) is 2.46. The minimum Gasteiger partial charge on any atom is -0.478 e. The molecule has 0 aliphatic rings. The van der Waals surface area contributed by atoms with Gasteiger partial charge < -0.3 is 5.11 Å². The Morgan fingerprint density at radius 1 is 1.00 bits per heavy atom. The van der Waals surface area contributed by atoms with Crippen LogP contribution >= 0.6 is 0 Å². The molecule has 1 aromatic heterocycles. The molecule has 21 heavy (non-hydrogen) atoms. The zero-order chi connectivity index (χ0) is 15.0. The molecular formula is C18H15NO2. The Bertz CT molecular complexity index is 853. The Kier molecular flexibility index (Phi) is 3.18. The number of rotatable bonds is 2. The van der Waals surface area contributed by atoms with Crippen LogP contribution in [0.25, 0.3) is 22.0 Å². The van der Waals surface area contributed by atoms with Crippen LogP contribution in [0, 0.1) is 13.8 Å². The number of carbonyl (C=O) groups is 1. The Labute approximate surface area is 122 Å². The fourth-order valence-corrected chi connectivity index (χ4v) is 2.46. The van der Waals surface area contributed by atoms with Crippen molar-refractivity contribution in [1.29, 1.82) is 0 Å². The van der Waals surface area contributed by atoms with Gasteiger partial charge in [0, 0.05) is 11.1 Å². The predicted molar refractivity (Wildman–Crippen MR) is 83.6 cm³/mol. The summed E-state index contributed by atoms with van der Waals surface area (Å²) in [5.74, 6) is -0.908. The molecule has 0 saturated carbocycles. The van der Waals surface area contributed by atoms with E-state index in [0.717, 1.165) is 33.3 Å². The van der Waals surface area contributed by atoms with E-state index >= 15 is 0 Å². The molecule has 0 bridgehead atoms. The summed E-state index contributed by atoms with van der Waals surface area (Å²) < 4.78 is 0. The first-order chi connectivity index (χ1) is 10.0. The van der Waals surface area contributed by atoms with E-state index in [1.54, 1.807) is 12.1 Å². The summed E-state index contributed by atoms with van der Waals surface area (Å²) >= 11 is 0. The normalized spacial score (nSPS) is 10.8. The molecule has 0 atom stereocenters. The van der Waals surface area contributed by atoms with Crippen LogP contribution in [0.1, 0.15) is 21.6 Å². The monoisotopic (exact) mass is 277 g/mol. The maximum Gasteiger partial charge on any atom is 0.335 e. The lowest BCUT2D eigenvalue weighted by Gasteiger charge is -2.09. The van der Waals surface area contributed by atoms with Gasteiger partial charge in [-0.3, -0.25) is 4.98 Å². The number of hydrogen-bond donors (Lipinski definition) is 1. The molecule has 104 valence electrons. The maximum atomic E-state index is 11.1. The van der Waals surface area contributed by atoms with Gasteiger partial charge in [-0.1, -0.05) is 18.2 Å². The van der Waals surface area contributed by atoms with E-state index in [1.165, 1.54) is 0 Å². The summed E-state index contributed by atoms with van der Waals surface area (Å²) in [5, 5.41) is 10.2. The summed E-state index contributed by atoms with van der Waals surface area (Å²) in [6.45, 7) is 3.95. The molecule has 1 heterocycles.